The molecule has 30 heavy (non-hydrogen) atoms. The lowest BCUT2D eigenvalue weighted by molar-refractivity contribution is -0.118. The lowest BCUT2D eigenvalue weighted by atomic mass is 10.1. The van der Waals surface area contributed by atoms with Gasteiger partial charge in [-0.15, -0.1) is 0 Å². The number of anilines is 2. The molecule has 1 aliphatic heterocycles. The molecule has 1 aliphatic rings. The van der Waals surface area contributed by atoms with Crippen molar-refractivity contribution in [2.75, 3.05) is 57.2 Å². The summed E-state index contributed by atoms with van der Waals surface area (Å²) in [5, 5.41) is 2.87. The first-order valence-corrected chi connectivity index (χ1v) is 10.0. The highest BCUT2D eigenvalue weighted by atomic mass is 16.5. The van der Waals surface area contributed by atoms with Gasteiger partial charge in [0.15, 0.2) is 23.9 Å². The van der Waals surface area contributed by atoms with Gasteiger partial charge in [0.05, 0.1) is 7.11 Å². The average Bonchev–Trinajstić information content (AvgIpc) is 2.73. The number of carbonyl (C=O) groups is 2. The molecule has 0 spiro atoms. The van der Waals surface area contributed by atoms with Crippen LogP contribution >= 0.6 is 0 Å². The van der Waals surface area contributed by atoms with Crippen molar-refractivity contribution >= 4 is 23.1 Å². The highest BCUT2D eigenvalue weighted by Crippen LogP contribution is 2.28. The molecule has 160 valence electrons. The summed E-state index contributed by atoms with van der Waals surface area (Å²) in [5.41, 5.74) is 3.59. The number of aryl methyl sites for hydroxylation is 1. The van der Waals surface area contributed by atoms with Gasteiger partial charge in [0.25, 0.3) is 5.91 Å². The molecule has 0 aliphatic carbocycles. The predicted molar refractivity (Wildman–Crippen MR) is 118 cm³/mol. The summed E-state index contributed by atoms with van der Waals surface area (Å²) >= 11 is 0. The molecule has 0 saturated carbocycles. The van der Waals surface area contributed by atoms with E-state index in [1.807, 2.05) is 12.1 Å². The number of likely N-dealkylation sites (N-methyl/N-ethyl adjacent to an activating group) is 1. The first-order valence-electron chi connectivity index (χ1n) is 10.0. The van der Waals surface area contributed by atoms with Crippen molar-refractivity contribution in [2.45, 2.75) is 13.8 Å². The monoisotopic (exact) mass is 411 g/mol. The van der Waals surface area contributed by atoms with Crippen LogP contribution in [0.1, 0.15) is 22.8 Å². The number of hydrogen-bond donors (Lipinski definition) is 1. The van der Waals surface area contributed by atoms with Gasteiger partial charge in [0.2, 0.25) is 0 Å². The van der Waals surface area contributed by atoms with Gasteiger partial charge in [-0.2, -0.15) is 0 Å². The molecule has 1 heterocycles. The van der Waals surface area contributed by atoms with Gasteiger partial charge in [-0.05, 0) is 62.9 Å². The van der Waals surface area contributed by atoms with Crippen LogP contribution in [0, 0.1) is 6.92 Å². The normalized spacial score (nSPS) is 14.3. The van der Waals surface area contributed by atoms with Crippen LogP contribution in [0.5, 0.6) is 11.5 Å². The first-order chi connectivity index (χ1) is 14.4. The molecule has 3 rings (SSSR count). The SMILES string of the molecule is COc1cc(C(C)=O)ccc1OCC(=O)Nc1ccc(N2CCN(C)CC2)c(C)c1. The van der Waals surface area contributed by atoms with E-state index < -0.39 is 0 Å². The Labute approximate surface area is 177 Å². The highest BCUT2D eigenvalue weighted by Gasteiger charge is 2.16. The molecule has 7 nitrogen and oxygen atoms in total. The molecular weight excluding hydrogens is 382 g/mol. The van der Waals surface area contributed by atoms with E-state index in [1.165, 1.54) is 19.7 Å². The standard InChI is InChI=1S/C23H29N3O4/c1-16-13-19(6-7-20(16)26-11-9-25(3)10-12-26)24-23(28)15-30-21-8-5-18(17(2)27)14-22(21)29-4/h5-8,13-14H,9-12,15H2,1-4H3,(H,24,28). The van der Waals surface area contributed by atoms with Crippen molar-refractivity contribution in [2.24, 2.45) is 0 Å². The van der Waals surface area contributed by atoms with Crippen LogP contribution in [0.4, 0.5) is 11.4 Å². The summed E-state index contributed by atoms with van der Waals surface area (Å²) in [7, 11) is 3.63. The van der Waals surface area contributed by atoms with Gasteiger partial charge in [-0.3, -0.25) is 9.59 Å². The molecule has 1 amide bonds. The number of amides is 1. The van der Waals surface area contributed by atoms with Gasteiger partial charge < -0.3 is 24.6 Å². The second kappa shape index (κ2) is 9.63. The van der Waals surface area contributed by atoms with Crippen molar-refractivity contribution in [1.82, 2.24) is 4.90 Å². The molecule has 0 atom stereocenters. The summed E-state index contributed by atoms with van der Waals surface area (Å²) in [4.78, 5) is 28.5. The fourth-order valence-electron chi connectivity index (χ4n) is 3.48. The number of benzene rings is 2. The lowest BCUT2D eigenvalue weighted by Crippen LogP contribution is -2.44. The number of Topliss-reactive ketones (excluding diaryl/α,β-unsaturated/α-hetero) is 1. The largest absolute Gasteiger partial charge is 0.493 e. The van der Waals surface area contributed by atoms with Crippen LogP contribution in [0.2, 0.25) is 0 Å². The zero-order valence-electron chi connectivity index (χ0n) is 18.0. The summed E-state index contributed by atoms with van der Waals surface area (Å²) < 4.78 is 10.9. The maximum absolute atomic E-state index is 12.3. The quantitative estimate of drug-likeness (QED) is 0.707. The molecule has 0 radical (unpaired) electrons. The van der Waals surface area contributed by atoms with Gasteiger partial charge in [0.1, 0.15) is 0 Å². The number of nitrogens with zero attached hydrogens (tertiary/aromatic N) is 2. The first kappa shape index (κ1) is 21.6. The minimum atomic E-state index is -0.264. The van der Waals surface area contributed by atoms with E-state index in [2.05, 4.69) is 35.2 Å². The predicted octanol–water partition coefficient (Wildman–Crippen LogP) is 2.98. The third-order valence-electron chi connectivity index (χ3n) is 5.25. The third kappa shape index (κ3) is 5.30. The van der Waals surface area contributed by atoms with Crippen molar-refractivity contribution in [1.29, 1.82) is 0 Å². The van der Waals surface area contributed by atoms with E-state index in [1.54, 1.807) is 18.2 Å². The summed E-state index contributed by atoms with van der Waals surface area (Å²) in [6, 6.07) is 10.8. The fraction of sp³-hybridized carbons (Fsp3) is 0.391. The number of hydrogen-bond acceptors (Lipinski definition) is 6. The Morgan fingerprint density at radius 1 is 1.03 bits per heavy atom. The molecule has 1 fully saturated rings. The molecular formula is C23H29N3O4. The van der Waals surface area contributed by atoms with E-state index in [-0.39, 0.29) is 18.3 Å². The molecule has 1 N–H and O–H groups in total. The highest BCUT2D eigenvalue weighted by molar-refractivity contribution is 5.95. The minimum Gasteiger partial charge on any atom is -0.493 e. The van der Waals surface area contributed by atoms with Gasteiger partial charge >= 0.3 is 0 Å². The maximum Gasteiger partial charge on any atom is 0.262 e. The van der Waals surface area contributed by atoms with E-state index in [0.29, 0.717) is 17.1 Å². The zero-order chi connectivity index (χ0) is 21.7. The van der Waals surface area contributed by atoms with E-state index in [0.717, 1.165) is 37.4 Å². The van der Waals surface area contributed by atoms with Crippen LogP contribution < -0.4 is 19.7 Å². The van der Waals surface area contributed by atoms with Crippen LogP contribution in [0.3, 0.4) is 0 Å². The van der Waals surface area contributed by atoms with Crippen LogP contribution in [-0.2, 0) is 4.79 Å². The Balaban J connectivity index is 1.59. The number of ketones is 1. The van der Waals surface area contributed by atoms with Gasteiger partial charge in [0, 0.05) is 43.1 Å². The van der Waals surface area contributed by atoms with Crippen molar-refractivity contribution in [3.05, 3.63) is 47.5 Å². The van der Waals surface area contributed by atoms with Gasteiger partial charge in [-0.25, -0.2) is 0 Å². The average molecular weight is 412 g/mol. The summed E-state index contributed by atoms with van der Waals surface area (Å²) in [5.74, 6) is 0.509. The molecule has 2 aromatic carbocycles. The Morgan fingerprint density at radius 2 is 1.77 bits per heavy atom. The lowest BCUT2D eigenvalue weighted by Gasteiger charge is -2.35. The second-order valence-corrected chi connectivity index (χ2v) is 7.55. The third-order valence-corrected chi connectivity index (χ3v) is 5.25. The number of methoxy groups -OCH3 is 1. The Hall–Kier alpha value is -3.06. The number of carbonyl (C=O) groups excluding carboxylic acids is 2. The Morgan fingerprint density at radius 3 is 2.40 bits per heavy atom. The topological polar surface area (TPSA) is 71.1 Å². The van der Waals surface area contributed by atoms with Crippen LogP contribution in [-0.4, -0.2) is 63.5 Å². The van der Waals surface area contributed by atoms with Crippen molar-refractivity contribution < 1.29 is 19.1 Å². The second-order valence-electron chi connectivity index (χ2n) is 7.55. The smallest absolute Gasteiger partial charge is 0.262 e. The molecule has 0 aromatic heterocycles. The van der Waals surface area contributed by atoms with E-state index in [9.17, 15) is 9.59 Å². The Kier molecular flexibility index (Phi) is 6.95. The molecule has 2 aromatic rings. The van der Waals surface area contributed by atoms with Crippen molar-refractivity contribution in [3.63, 3.8) is 0 Å². The molecule has 7 heteroatoms. The zero-order valence-corrected chi connectivity index (χ0v) is 18.0. The maximum atomic E-state index is 12.3. The fourth-order valence-corrected chi connectivity index (χ4v) is 3.48. The van der Waals surface area contributed by atoms with Crippen LogP contribution in [0.25, 0.3) is 0 Å². The summed E-state index contributed by atoms with van der Waals surface area (Å²) in [6.45, 7) is 7.48. The van der Waals surface area contributed by atoms with Crippen molar-refractivity contribution in [3.8, 4) is 11.5 Å². The number of ether oxygens (including phenoxy) is 2. The van der Waals surface area contributed by atoms with Crippen LogP contribution in [0.15, 0.2) is 36.4 Å². The number of piperazine rings is 1. The molecule has 0 unspecified atom stereocenters. The van der Waals surface area contributed by atoms with Gasteiger partial charge in [-0.1, -0.05) is 0 Å². The molecule has 0 bridgehead atoms. The van der Waals surface area contributed by atoms with E-state index >= 15 is 0 Å². The summed E-state index contributed by atoms with van der Waals surface area (Å²) in [6.07, 6.45) is 0. The van der Waals surface area contributed by atoms with E-state index in [4.69, 9.17) is 9.47 Å². The number of rotatable bonds is 7. The molecule has 1 saturated heterocycles. The Bertz CT molecular complexity index is 921. The minimum absolute atomic E-state index is 0.0621. The number of nitrogens with one attached hydrogen (secondary N) is 1.